The Morgan fingerprint density at radius 1 is 1.29 bits per heavy atom. The minimum Gasteiger partial charge on any atom is -0.481 e. The zero-order chi connectivity index (χ0) is 20.6. The van der Waals surface area contributed by atoms with E-state index >= 15 is 0 Å². The predicted molar refractivity (Wildman–Crippen MR) is 91.9 cm³/mol. The highest BCUT2D eigenvalue weighted by Crippen LogP contribution is 2.31. The Bertz CT molecular complexity index is 796. The average molecular weight is 398 g/mol. The van der Waals surface area contributed by atoms with Crippen LogP contribution in [0.1, 0.15) is 30.9 Å². The smallest absolute Gasteiger partial charge is 0.416 e. The van der Waals surface area contributed by atoms with Crippen molar-refractivity contribution < 1.29 is 32.7 Å². The van der Waals surface area contributed by atoms with Crippen LogP contribution in [0.5, 0.6) is 0 Å². The van der Waals surface area contributed by atoms with Crippen LogP contribution in [-0.2, 0) is 27.1 Å². The summed E-state index contributed by atoms with van der Waals surface area (Å²) in [5.74, 6) is -2.74. The maximum absolute atomic E-state index is 12.9. The summed E-state index contributed by atoms with van der Waals surface area (Å²) in [7, 11) is 0. The van der Waals surface area contributed by atoms with Gasteiger partial charge in [0, 0.05) is 32.1 Å². The second kappa shape index (κ2) is 7.44. The van der Waals surface area contributed by atoms with E-state index in [2.05, 4.69) is 0 Å². The van der Waals surface area contributed by atoms with Crippen molar-refractivity contribution in [3.05, 3.63) is 35.4 Å². The summed E-state index contributed by atoms with van der Waals surface area (Å²) in [5.41, 5.74) is -0.438. The molecule has 1 aromatic carbocycles. The van der Waals surface area contributed by atoms with Crippen molar-refractivity contribution in [2.75, 3.05) is 13.1 Å². The minimum atomic E-state index is -4.46. The van der Waals surface area contributed by atoms with Gasteiger partial charge in [0.25, 0.3) is 0 Å². The van der Waals surface area contributed by atoms with Gasteiger partial charge in [0.05, 0.1) is 17.4 Å². The number of alkyl halides is 3. The van der Waals surface area contributed by atoms with Gasteiger partial charge in [0.2, 0.25) is 11.8 Å². The third-order valence-corrected chi connectivity index (χ3v) is 5.55. The number of aliphatic carboxylic acids is 1. The molecule has 0 bridgehead atoms. The highest BCUT2D eigenvalue weighted by Gasteiger charge is 2.43. The van der Waals surface area contributed by atoms with Gasteiger partial charge < -0.3 is 14.9 Å². The number of hydrogen-bond acceptors (Lipinski definition) is 3. The molecule has 2 fully saturated rings. The lowest BCUT2D eigenvalue weighted by molar-refractivity contribution is -0.144. The van der Waals surface area contributed by atoms with Gasteiger partial charge in [0.1, 0.15) is 0 Å². The van der Waals surface area contributed by atoms with E-state index in [1.165, 1.54) is 21.9 Å². The molecule has 0 aliphatic carbocycles. The molecule has 1 aromatic rings. The third kappa shape index (κ3) is 3.98. The van der Waals surface area contributed by atoms with Crippen LogP contribution in [0, 0.1) is 11.8 Å². The summed E-state index contributed by atoms with van der Waals surface area (Å²) < 4.78 is 38.6. The van der Waals surface area contributed by atoms with E-state index in [0.717, 1.165) is 12.1 Å². The summed E-state index contributed by atoms with van der Waals surface area (Å²) in [4.78, 5) is 39.2. The quantitative estimate of drug-likeness (QED) is 0.845. The molecule has 2 heterocycles. The number of amides is 2. The van der Waals surface area contributed by atoms with Gasteiger partial charge in [-0.15, -0.1) is 0 Å². The lowest BCUT2D eigenvalue weighted by Gasteiger charge is -2.26. The molecule has 28 heavy (non-hydrogen) atoms. The second-order valence-corrected chi connectivity index (χ2v) is 7.38. The van der Waals surface area contributed by atoms with Crippen molar-refractivity contribution in [2.24, 2.45) is 11.8 Å². The number of carbonyl (C=O) groups is 3. The van der Waals surface area contributed by atoms with Gasteiger partial charge in [-0.05, 0) is 31.0 Å². The number of rotatable bonds is 4. The second-order valence-electron chi connectivity index (χ2n) is 7.38. The molecule has 0 spiro atoms. The van der Waals surface area contributed by atoms with Crippen molar-refractivity contribution in [2.45, 2.75) is 38.5 Å². The molecular weight excluding hydrogens is 377 g/mol. The fourth-order valence-electron chi connectivity index (χ4n) is 3.97. The molecule has 3 rings (SSSR count). The minimum absolute atomic E-state index is 0.000161. The van der Waals surface area contributed by atoms with E-state index in [1.807, 2.05) is 0 Å². The van der Waals surface area contributed by atoms with E-state index < -0.39 is 35.6 Å². The first-order valence-electron chi connectivity index (χ1n) is 9.05. The number of nitrogens with zero attached hydrogens (tertiary/aromatic N) is 2. The molecule has 3 atom stereocenters. The molecule has 2 saturated heterocycles. The Morgan fingerprint density at radius 2 is 2.00 bits per heavy atom. The number of carbonyl (C=O) groups excluding carboxylic acids is 2. The van der Waals surface area contributed by atoms with Crippen LogP contribution in [0.4, 0.5) is 13.2 Å². The molecular formula is C19H21F3N2O4. The molecule has 2 amide bonds. The number of carboxylic acids is 1. The number of hydrogen-bond donors (Lipinski definition) is 1. The number of halogens is 3. The van der Waals surface area contributed by atoms with E-state index in [0.29, 0.717) is 18.5 Å². The average Bonchev–Trinajstić information content (AvgIpc) is 3.17. The van der Waals surface area contributed by atoms with Gasteiger partial charge in [-0.3, -0.25) is 14.4 Å². The molecule has 0 aromatic heterocycles. The highest BCUT2D eigenvalue weighted by atomic mass is 19.4. The van der Waals surface area contributed by atoms with Gasteiger partial charge in [-0.25, -0.2) is 0 Å². The van der Waals surface area contributed by atoms with Gasteiger partial charge in [-0.1, -0.05) is 12.1 Å². The first kappa shape index (κ1) is 20.2. The van der Waals surface area contributed by atoms with Crippen LogP contribution in [-0.4, -0.2) is 51.8 Å². The molecule has 152 valence electrons. The Kier molecular flexibility index (Phi) is 5.36. The zero-order valence-corrected chi connectivity index (χ0v) is 15.3. The van der Waals surface area contributed by atoms with Crippen molar-refractivity contribution in [3.63, 3.8) is 0 Å². The summed E-state index contributed by atoms with van der Waals surface area (Å²) in [6.45, 7) is 2.13. The van der Waals surface area contributed by atoms with Crippen LogP contribution in [0.2, 0.25) is 0 Å². The van der Waals surface area contributed by atoms with Crippen LogP contribution < -0.4 is 0 Å². The summed E-state index contributed by atoms with van der Waals surface area (Å²) in [5, 5.41) is 9.20. The van der Waals surface area contributed by atoms with Gasteiger partial charge in [0.15, 0.2) is 0 Å². The van der Waals surface area contributed by atoms with Crippen LogP contribution in [0.25, 0.3) is 0 Å². The van der Waals surface area contributed by atoms with Gasteiger partial charge in [-0.2, -0.15) is 13.2 Å². The molecule has 0 radical (unpaired) electrons. The molecule has 6 nitrogen and oxygen atoms in total. The number of carboxylic acid groups (broad SMARTS) is 1. The SMILES string of the molecule is CC1C(C(=O)O)CCN1C(=O)C1CC(=O)N(Cc2cccc(C(F)(F)F)c2)C1. The monoisotopic (exact) mass is 398 g/mol. The number of benzene rings is 1. The molecule has 0 saturated carbocycles. The maximum atomic E-state index is 12.9. The Balaban J connectivity index is 1.66. The molecule has 2 aliphatic rings. The van der Waals surface area contributed by atoms with Crippen molar-refractivity contribution in [1.82, 2.24) is 9.80 Å². The molecule has 3 unspecified atom stereocenters. The predicted octanol–water partition coefficient (Wildman–Crippen LogP) is 2.38. The maximum Gasteiger partial charge on any atom is 0.416 e. The van der Waals surface area contributed by atoms with E-state index in [1.54, 1.807) is 6.92 Å². The number of likely N-dealkylation sites (tertiary alicyclic amines) is 2. The van der Waals surface area contributed by atoms with Crippen LogP contribution in [0.3, 0.4) is 0 Å². The third-order valence-electron chi connectivity index (χ3n) is 5.55. The van der Waals surface area contributed by atoms with E-state index in [9.17, 15) is 32.7 Å². The first-order chi connectivity index (χ1) is 13.1. The summed E-state index contributed by atoms with van der Waals surface area (Å²) in [6.07, 6.45) is -4.11. The zero-order valence-electron chi connectivity index (χ0n) is 15.3. The van der Waals surface area contributed by atoms with Crippen molar-refractivity contribution in [3.8, 4) is 0 Å². The summed E-state index contributed by atoms with van der Waals surface area (Å²) in [6, 6.07) is 4.33. The van der Waals surface area contributed by atoms with Crippen LogP contribution in [0.15, 0.2) is 24.3 Å². The van der Waals surface area contributed by atoms with Crippen molar-refractivity contribution in [1.29, 1.82) is 0 Å². The highest BCUT2D eigenvalue weighted by molar-refractivity contribution is 5.90. The standard InChI is InChI=1S/C19H21F3N2O4/c1-11-15(18(27)28)5-6-24(11)17(26)13-8-16(25)23(10-13)9-12-3-2-4-14(7-12)19(20,21)22/h2-4,7,11,13,15H,5-6,8-10H2,1H3,(H,27,28). The van der Waals surface area contributed by atoms with Gasteiger partial charge >= 0.3 is 12.1 Å². The lowest BCUT2D eigenvalue weighted by atomic mass is 10.0. The fraction of sp³-hybridized carbons (Fsp3) is 0.526. The topological polar surface area (TPSA) is 77.9 Å². The van der Waals surface area contributed by atoms with E-state index in [-0.39, 0.29) is 31.3 Å². The van der Waals surface area contributed by atoms with Crippen LogP contribution >= 0.6 is 0 Å². The molecule has 1 N–H and O–H groups in total. The Hall–Kier alpha value is -2.58. The molecule has 2 aliphatic heterocycles. The van der Waals surface area contributed by atoms with Crippen molar-refractivity contribution >= 4 is 17.8 Å². The fourth-order valence-corrected chi connectivity index (χ4v) is 3.97. The Labute approximate surface area is 159 Å². The van der Waals surface area contributed by atoms with E-state index in [4.69, 9.17) is 0 Å². The lowest BCUT2D eigenvalue weighted by Crippen LogP contribution is -2.41. The first-order valence-corrected chi connectivity index (χ1v) is 9.05. The normalized spacial score (nSPS) is 25.4. The summed E-state index contributed by atoms with van der Waals surface area (Å²) >= 11 is 0. The largest absolute Gasteiger partial charge is 0.481 e. The molecule has 9 heteroatoms. The Morgan fingerprint density at radius 3 is 2.61 bits per heavy atom.